The van der Waals surface area contributed by atoms with Crippen molar-refractivity contribution in [3.63, 3.8) is 0 Å². The average molecular weight is 410 g/mol. The summed E-state index contributed by atoms with van der Waals surface area (Å²) in [5.41, 5.74) is 1.80. The van der Waals surface area contributed by atoms with Gasteiger partial charge in [0.1, 0.15) is 17.2 Å². The van der Waals surface area contributed by atoms with Crippen LogP contribution in [0.3, 0.4) is 0 Å². The standard InChI is InChI=1S/C23H28FN5O/c1-14(2)18-8-7-16(11-19(18)24)27-22-26-13-15-12-23(9-10-25-21(23)30)29(20(15)28-22)17-5-3-4-6-17/h7-8,11,13-14,17H,3-6,9-10,12H2,1-2H3,(H,25,30)(H,26,27,28). The van der Waals surface area contributed by atoms with Crippen LogP contribution in [-0.2, 0) is 11.2 Å². The highest BCUT2D eigenvalue weighted by atomic mass is 19.1. The van der Waals surface area contributed by atoms with Crippen molar-refractivity contribution in [1.29, 1.82) is 0 Å². The Labute approximate surface area is 176 Å². The van der Waals surface area contributed by atoms with Crippen LogP contribution in [0.25, 0.3) is 0 Å². The van der Waals surface area contributed by atoms with Crippen molar-refractivity contribution in [3.8, 4) is 0 Å². The van der Waals surface area contributed by atoms with Gasteiger partial charge < -0.3 is 15.5 Å². The van der Waals surface area contributed by atoms with Gasteiger partial charge in [-0.25, -0.2) is 9.37 Å². The summed E-state index contributed by atoms with van der Waals surface area (Å²) in [7, 11) is 0. The van der Waals surface area contributed by atoms with Crippen LogP contribution in [0.5, 0.6) is 0 Å². The summed E-state index contributed by atoms with van der Waals surface area (Å²) in [6, 6.07) is 5.49. The van der Waals surface area contributed by atoms with E-state index in [1.54, 1.807) is 6.07 Å². The zero-order valence-corrected chi connectivity index (χ0v) is 17.5. The number of aromatic nitrogens is 2. The highest BCUT2D eigenvalue weighted by molar-refractivity contribution is 5.94. The summed E-state index contributed by atoms with van der Waals surface area (Å²) in [4.78, 5) is 24.4. The molecule has 5 rings (SSSR count). The topological polar surface area (TPSA) is 70.2 Å². The molecule has 1 aliphatic carbocycles. The molecular formula is C23H28FN5O. The van der Waals surface area contributed by atoms with E-state index in [4.69, 9.17) is 4.98 Å². The number of nitrogens with zero attached hydrogens (tertiary/aromatic N) is 3. The lowest BCUT2D eigenvalue weighted by molar-refractivity contribution is -0.123. The Morgan fingerprint density at radius 1 is 1.30 bits per heavy atom. The molecule has 2 fully saturated rings. The van der Waals surface area contributed by atoms with Gasteiger partial charge in [0.05, 0.1) is 0 Å². The molecule has 3 aliphatic rings. The predicted molar refractivity (Wildman–Crippen MR) is 115 cm³/mol. The second-order valence-corrected chi connectivity index (χ2v) is 9.08. The molecule has 1 saturated carbocycles. The summed E-state index contributed by atoms with van der Waals surface area (Å²) in [6.45, 7) is 4.65. The van der Waals surface area contributed by atoms with Gasteiger partial charge in [0.15, 0.2) is 0 Å². The molecule has 1 aromatic heterocycles. The smallest absolute Gasteiger partial charge is 0.246 e. The van der Waals surface area contributed by atoms with Gasteiger partial charge in [0, 0.05) is 36.5 Å². The van der Waals surface area contributed by atoms with E-state index < -0.39 is 5.54 Å². The molecule has 1 aromatic carbocycles. The Morgan fingerprint density at radius 3 is 2.77 bits per heavy atom. The molecule has 6 nitrogen and oxygen atoms in total. The van der Waals surface area contributed by atoms with Gasteiger partial charge in [-0.2, -0.15) is 4.98 Å². The van der Waals surface area contributed by atoms with Crippen LogP contribution in [0.15, 0.2) is 24.4 Å². The quantitative estimate of drug-likeness (QED) is 0.797. The minimum Gasteiger partial charge on any atom is -0.354 e. The van der Waals surface area contributed by atoms with E-state index in [-0.39, 0.29) is 17.6 Å². The maximum Gasteiger partial charge on any atom is 0.246 e. The van der Waals surface area contributed by atoms with Crippen molar-refractivity contribution in [3.05, 3.63) is 41.3 Å². The molecule has 2 aliphatic heterocycles. The molecule has 1 spiro atoms. The van der Waals surface area contributed by atoms with Gasteiger partial charge in [-0.3, -0.25) is 4.79 Å². The lowest BCUT2D eigenvalue weighted by Gasteiger charge is -2.38. The van der Waals surface area contributed by atoms with Crippen LogP contribution in [0.1, 0.15) is 63.0 Å². The minimum absolute atomic E-state index is 0.105. The van der Waals surface area contributed by atoms with Crippen LogP contribution < -0.4 is 15.5 Å². The van der Waals surface area contributed by atoms with Crippen LogP contribution >= 0.6 is 0 Å². The largest absolute Gasteiger partial charge is 0.354 e. The number of benzene rings is 1. The molecule has 30 heavy (non-hydrogen) atoms. The molecule has 0 radical (unpaired) electrons. The zero-order valence-electron chi connectivity index (χ0n) is 17.5. The molecule has 1 atom stereocenters. The zero-order chi connectivity index (χ0) is 20.9. The van der Waals surface area contributed by atoms with Gasteiger partial charge in [-0.1, -0.05) is 32.8 Å². The molecule has 2 aromatic rings. The Kier molecular flexibility index (Phi) is 4.64. The molecular weight excluding hydrogens is 381 g/mol. The molecule has 7 heteroatoms. The number of halogens is 1. The second-order valence-electron chi connectivity index (χ2n) is 9.08. The minimum atomic E-state index is -0.532. The number of carbonyl (C=O) groups excluding carboxylic acids is 1. The highest BCUT2D eigenvalue weighted by Gasteiger charge is 2.55. The number of fused-ring (bicyclic) bond motifs is 1. The molecule has 1 unspecified atom stereocenters. The Morgan fingerprint density at radius 2 is 2.10 bits per heavy atom. The van der Waals surface area contributed by atoms with Gasteiger partial charge >= 0.3 is 0 Å². The third-order valence-electron chi connectivity index (χ3n) is 6.83. The first-order valence-corrected chi connectivity index (χ1v) is 11.0. The van der Waals surface area contributed by atoms with Gasteiger partial charge in [-0.05, 0) is 42.9 Å². The van der Waals surface area contributed by atoms with Gasteiger partial charge in [0.25, 0.3) is 0 Å². The molecule has 0 bridgehead atoms. The van der Waals surface area contributed by atoms with E-state index in [2.05, 4.69) is 20.5 Å². The molecule has 158 valence electrons. The molecule has 3 heterocycles. The second kappa shape index (κ2) is 7.22. The first-order chi connectivity index (χ1) is 14.5. The van der Waals surface area contributed by atoms with Crippen molar-refractivity contribution in [2.45, 2.75) is 69.9 Å². The van der Waals surface area contributed by atoms with E-state index >= 15 is 0 Å². The molecule has 1 amide bonds. The highest BCUT2D eigenvalue weighted by Crippen LogP contribution is 2.46. The third kappa shape index (κ3) is 3.02. The number of amides is 1. The summed E-state index contributed by atoms with van der Waals surface area (Å²) in [6.07, 6.45) is 7.82. The van der Waals surface area contributed by atoms with E-state index in [0.29, 0.717) is 36.2 Å². The van der Waals surface area contributed by atoms with Crippen LogP contribution in [0, 0.1) is 5.82 Å². The number of nitrogens with one attached hydrogen (secondary N) is 2. The number of hydrogen-bond donors (Lipinski definition) is 2. The fourth-order valence-corrected chi connectivity index (χ4v) is 5.34. The first kappa shape index (κ1) is 19.3. The normalized spacial score (nSPS) is 23.5. The van der Waals surface area contributed by atoms with Crippen molar-refractivity contribution < 1.29 is 9.18 Å². The van der Waals surface area contributed by atoms with Crippen LogP contribution in [0.4, 0.5) is 21.8 Å². The summed E-state index contributed by atoms with van der Waals surface area (Å²) in [5, 5.41) is 6.18. The third-order valence-corrected chi connectivity index (χ3v) is 6.83. The average Bonchev–Trinajstić information content (AvgIpc) is 3.41. The summed E-state index contributed by atoms with van der Waals surface area (Å²) < 4.78 is 14.4. The Hall–Kier alpha value is -2.70. The molecule has 2 N–H and O–H groups in total. The van der Waals surface area contributed by atoms with Crippen LogP contribution in [-0.4, -0.2) is 34.0 Å². The number of carbonyl (C=O) groups is 1. The van der Waals surface area contributed by atoms with Crippen molar-refractivity contribution in [1.82, 2.24) is 15.3 Å². The van der Waals surface area contributed by atoms with E-state index in [1.807, 2.05) is 26.1 Å². The maximum atomic E-state index is 14.4. The monoisotopic (exact) mass is 409 g/mol. The number of anilines is 3. The van der Waals surface area contributed by atoms with Gasteiger partial charge in [-0.15, -0.1) is 0 Å². The summed E-state index contributed by atoms with van der Waals surface area (Å²) >= 11 is 0. The number of rotatable bonds is 4. The lowest BCUT2D eigenvalue weighted by Crippen LogP contribution is -2.56. The number of hydrogen-bond acceptors (Lipinski definition) is 5. The van der Waals surface area contributed by atoms with Crippen molar-refractivity contribution >= 4 is 23.4 Å². The van der Waals surface area contributed by atoms with Crippen molar-refractivity contribution in [2.75, 3.05) is 16.8 Å². The fourth-order valence-electron chi connectivity index (χ4n) is 5.34. The van der Waals surface area contributed by atoms with E-state index in [9.17, 15) is 9.18 Å². The van der Waals surface area contributed by atoms with E-state index in [0.717, 1.165) is 30.6 Å². The molecule has 1 saturated heterocycles. The van der Waals surface area contributed by atoms with Crippen molar-refractivity contribution in [2.24, 2.45) is 0 Å². The van der Waals surface area contributed by atoms with Crippen LogP contribution in [0.2, 0.25) is 0 Å². The van der Waals surface area contributed by atoms with E-state index in [1.165, 1.54) is 18.9 Å². The fraction of sp³-hybridized carbons (Fsp3) is 0.522. The Balaban J connectivity index is 1.48. The predicted octanol–water partition coefficient (Wildman–Crippen LogP) is 4.05. The van der Waals surface area contributed by atoms with Gasteiger partial charge in [0.2, 0.25) is 11.9 Å². The summed E-state index contributed by atoms with van der Waals surface area (Å²) in [5.74, 6) is 1.29. The lowest BCUT2D eigenvalue weighted by atomic mass is 9.91. The first-order valence-electron chi connectivity index (χ1n) is 11.0. The SMILES string of the molecule is CC(C)c1ccc(Nc2ncc3c(n2)N(C2CCCC2)C2(CCNC2=O)C3)cc1F. The Bertz CT molecular complexity index is 988. The maximum absolute atomic E-state index is 14.4.